The number of benzene rings is 2. The van der Waals surface area contributed by atoms with E-state index in [-0.39, 0.29) is 13.0 Å². The first-order valence-corrected chi connectivity index (χ1v) is 6.42. The summed E-state index contributed by atoms with van der Waals surface area (Å²) in [5, 5.41) is 9.61. The van der Waals surface area contributed by atoms with Gasteiger partial charge >= 0.3 is 5.97 Å². The zero-order chi connectivity index (χ0) is 15.5. The van der Waals surface area contributed by atoms with Crippen LogP contribution >= 0.6 is 0 Å². The van der Waals surface area contributed by atoms with Gasteiger partial charge in [0.25, 0.3) is 0 Å². The van der Waals surface area contributed by atoms with Crippen LogP contribution in [0.1, 0.15) is 11.1 Å². The Labute approximate surface area is 121 Å². The van der Waals surface area contributed by atoms with Gasteiger partial charge in [-0.15, -0.1) is 0 Å². The summed E-state index contributed by atoms with van der Waals surface area (Å²) in [6, 6.07) is 10.8. The number of carbonyl (C=O) groups is 1. The molecule has 5 heteroatoms. The lowest BCUT2D eigenvalue weighted by molar-refractivity contribution is -0.143. The molecule has 0 amide bonds. The Kier molecular flexibility index (Phi) is 4.33. The molecule has 3 nitrogen and oxygen atoms in total. The van der Waals surface area contributed by atoms with Crippen molar-refractivity contribution >= 4 is 5.97 Å². The highest BCUT2D eigenvalue weighted by atomic mass is 19.1. The smallest absolute Gasteiger partial charge is 0.315 e. The van der Waals surface area contributed by atoms with Crippen LogP contribution in [-0.4, -0.2) is 17.6 Å². The second-order valence-corrected chi connectivity index (χ2v) is 4.90. The molecule has 0 saturated heterocycles. The van der Waals surface area contributed by atoms with E-state index in [1.807, 2.05) is 0 Å². The zero-order valence-electron chi connectivity index (χ0n) is 11.2. The first-order chi connectivity index (χ1) is 9.98. The van der Waals surface area contributed by atoms with E-state index >= 15 is 0 Å². The molecule has 1 unspecified atom stereocenters. The molecule has 1 atom stereocenters. The van der Waals surface area contributed by atoms with Gasteiger partial charge in [-0.3, -0.25) is 4.79 Å². The fourth-order valence-corrected chi connectivity index (χ4v) is 2.30. The van der Waals surface area contributed by atoms with E-state index in [9.17, 15) is 18.7 Å². The van der Waals surface area contributed by atoms with Crippen molar-refractivity contribution in [3.8, 4) is 0 Å². The minimum atomic E-state index is -1.37. The summed E-state index contributed by atoms with van der Waals surface area (Å²) in [6.07, 6.45) is 0.102. The highest BCUT2D eigenvalue weighted by molar-refractivity contribution is 5.82. The maximum atomic E-state index is 13.0. The van der Waals surface area contributed by atoms with Crippen molar-refractivity contribution in [2.75, 3.05) is 6.54 Å². The van der Waals surface area contributed by atoms with Gasteiger partial charge in [0.15, 0.2) is 0 Å². The Morgan fingerprint density at radius 2 is 1.48 bits per heavy atom. The van der Waals surface area contributed by atoms with Gasteiger partial charge in [-0.1, -0.05) is 24.3 Å². The topological polar surface area (TPSA) is 63.3 Å². The molecule has 0 fully saturated rings. The number of carboxylic acid groups (broad SMARTS) is 1. The number of rotatable bonds is 5. The van der Waals surface area contributed by atoms with Crippen LogP contribution in [0.25, 0.3) is 0 Å². The van der Waals surface area contributed by atoms with Crippen LogP contribution in [0.5, 0.6) is 0 Å². The van der Waals surface area contributed by atoms with Crippen molar-refractivity contribution in [3.63, 3.8) is 0 Å². The summed E-state index contributed by atoms with van der Waals surface area (Å²) in [5.41, 5.74) is 5.40. The SMILES string of the molecule is NCC(Cc1ccc(F)cc1)(C(=O)O)c1ccc(F)cc1. The monoisotopic (exact) mass is 291 g/mol. The second-order valence-electron chi connectivity index (χ2n) is 4.90. The van der Waals surface area contributed by atoms with Gasteiger partial charge in [0, 0.05) is 6.54 Å². The van der Waals surface area contributed by atoms with E-state index < -0.39 is 23.0 Å². The highest BCUT2D eigenvalue weighted by Crippen LogP contribution is 2.28. The van der Waals surface area contributed by atoms with Gasteiger partial charge < -0.3 is 10.8 Å². The molecular formula is C16H15F2NO2. The standard InChI is InChI=1S/C16H15F2NO2/c17-13-5-1-11(2-6-13)9-16(10-19,15(20)21)12-3-7-14(18)8-4-12/h1-8H,9-10,19H2,(H,20,21). The molecule has 2 aromatic carbocycles. The number of hydrogen-bond donors (Lipinski definition) is 2. The molecule has 0 aliphatic heterocycles. The summed E-state index contributed by atoms with van der Waals surface area (Å²) in [6.45, 7) is -0.147. The van der Waals surface area contributed by atoms with E-state index in [1.54, 1.807) is 0 Å². The Balaban J connectivity index is 2.44. The van der Waals surface area contributed by atoms with Gasteiger partial charge in [-0.25, -0.2) is 8.78 Å². The molecule has 110 valence electrons. The number of aliphatic carboxylic acids is 1. The quantitative estimate of drug-likeness (QED) is 0.889. The van der Waals surface area contributed by atoms with E-state index in [4.69, 9.17) is 5.73 Å². The van der Waals surface area contributed by atoms with Crippen LogP contribution in [0, 0.1) is 11.6 Å². The first-order valence-electron chi connectivity index (χ1n) is 6.42. The maximum Gasteiger partial charge on any atom is 0.315 e. The van der Waals surface area contributed by atoms with Crippen molar-refractivity contribution < 1.29 is 18.7 Å². The average molecular weight is 291 g/mol. The molecule has 21 heavy (non-hydrogen) atoms. The van der Waals surface area contributed by atoms with Crippen LogP contribution in [0.4, 0.5) is 8.78 Å². The van der Waals surface area contributed by atoms with Crippen molar-refractivity contribution in [2.45, 2.75) is 11.8 Å². The molecule has 0 aliphatic rings. The molecule has 2 rings (SSSR count). The van der Waals surface area contributed by atoms with Gasteiger partial charge in [-0.2, -0.15) is 0 Å². The Hall–Kier alpha value is -2.27. The lowest BCUT2D eigenvalue weighted by Gasteiger charge is -2.28. The predicted octanol–water partition coefficient (Wildman–Crippen LogP) is 2.49. The third-order valence-corrected chi connectivity index (χ3v) is 3.57. The van der Waals surface area contributed by atoms with E-state index in [0.717, 1.165) is 0 Å². The summed E-state index contributed by atoms with van der Waals surface area (Å²) in [4.78, 5) is 11.8. The van der Waals surface area contributed by atoms with Gasteiger partial charge in [-0.05, 0) is 41.8 Å². The summed E-state index contributed by atoms with van der Waals surface area (Å²) >= 11 is 0. The lowest BCUT2D eigenvalue weighted by Crippen LogP contribution is -2.45. The number of nitrogens with two attached hydrogens (primary N) is 1. The van der Waals surface area contributed by atoms with Gasteiger partial charge in [0.1, 0.15) is 17.0 Å². The Bertz CT molecular complexity index is 626. The minimum absolute atomic E-state index is 0.102. The molecule has 0 aromatic heterocycles. The maximum absolute atomic E-state index is 13.0. The van der Waals surface area contributed by atoms with Gasteiger partial charge in [0.05, 0.1) is 0 Å². The van der Waals surface area contributed by atoms with Crippen LogP contribution in [0.3, 0.4) is 0 Å². The van der Waals surface area contributed by atoms with Crippen LogP contribution < -0.4 is 5.73 Å². The average Bonchev–Trinajstić information content (AvgIpc) is 2.47. The Morgan fingerprint density at radius 3 is 1.90 bits per heavy atom. The molecule has 3 N–H and O–H groups in total. The van der Waals surface area contributed by atoms with E-state index in [2.05, 4.69) is 0 Å². The van der Waals surface area contributed by atoms with Crippen molar-refractivity contribution in [3.05, 3.63) is 71.3 Å². The number of hydrogen-bond acceptors (Lipinski definition) is 2. The molecule has 2 aromatic rings. The van der Waals surface area contributed by atoms with Crippen LogP contribution in [-0.2, 0) is 16.6 Å². The normalized spacial score (nSPS) is 13.7. The molecular weight excluding hydrogens is 276 g/mol. The van der Waals surface area contributed by atoms with Crippen molar-refractivity contribution in [2.24, 2.45) is 5.73 Å². The molecule has 0 spiro atoms. The van der Waals surface area contributed by atoms with Crippen LogP contribution in [0.15, 0.2) is 48.5 Å². The molecule has 0 aliphatic carbocycles. The number of halogens is 2. The third kappa shape index (κ3) is 3.08. The van der Waals surface area contributed by atoms with E-state index in [0.29, 0.717) is 11.1 Å². The fraction of sp³-hybridized carbons (Fsp3) is 0.188. The van der Waals surface area contributed by atoms with Crippen molar-refractivity contribution in [1.82, 2.24) is 0 Å². The summed E-state index contributed by atoms with van der Waals surface area (Å²) in [5.74, 6) is -1.94. The van der Waals surface area contributed by atoms with E-state index in [1.165, 1.54) is 48.5 Å². The zero-order valence-corrected chi connectivity index (χ0v) is 11.2. The largest absolute Gasteiger partial charge is 0.481 e. The third-order valence-electron chi connectivity index (χ3n) is 3.57. The lowest BCUT2D eigenvalue weighted by atomic mass is 9.75. The fourth-order valence-electron chi connectivity index (χ4n) is 2.30. The van der Waals surface area contributed by atoms with Crippen LogP contribution in [0.2, 0.25) is 0 Å². The summed E-state index contributed by atoms with van der Waals surface area (Å²) in [7, 11) is 0. The molecule has 0 heterocycles. The molecule has 0 radical (unpaired) electrons. The molecule has 0 saturated carbocycles. The second kappa shape index (κ2) is 6.01. The minimum Gasteiger partial charge on any atom is -0.481 e. The first kappa shape index (κ1) is 15.1. The Morgan fingerprint density at radius 1 is 1.00 bits per heavy atom. The van der Waals surface area contributed by atoms with Gasteiger partial charge in [0.2, 0.25) is 0 Å². The highest BCUT2D eigenvalue weighted by Gasteiger charge is 2.39. The summed E-state index contributed by atoms with van der Waals surface area (Å²) < 4.78 is 26.0. The molecule has 0 bridgehead atoms. The number of carboxylic acids is 1. The predicted molar refractivity (Wildman–Crippen MR) is 74.9 cm³/mol. The van der Waals surface area contributed by atoms with Crippen molar-refractivity contribution in [1.29, 1.82) is 0 Å².